The minimum absolute atomic E-state index is 0.0531. The van der Waals surface area contributed by atoms with E-state index in [1.807, 2.05) is 0 Å². The third kappa shape index (κ3) is 4.73. The minimum atomic E-state index is -1.21. The van der Waals surface area contributed by atoms with E-state index >= 15 is 0 Å². The summed E-state index contributed by atoms with van der Waals surface area (Å²) < 4.78 is 5.23. The van der Waals surface area contributed by atoms with E-state index in [0.717, 1.165) is 0 Å². The van der Waals surface area contributed by atoms with Crippen molar-refractivity contribution < 1.29 is 24.2 Å². The number of hydrogen-bond acceptors (Lipinski definition) is 5. The van der Waals surface area contributed by atoms with Crippen molar-refractivity contribution in [3.63, 3.8) is 0 Å². The van der Waals surface area contributed by atoms with Gasteiger partial charge in [-0.1, -0.05) is 18.5 Å². The monoisotopic (exact) mass is 376 g/mol. The maximum atomic E-state index is 12.3. The summed E-state index contributed by atoms with van der Waals surface area (Å²) in [5.41, 5.74) is 6.43. The van der Waals surface area contributed by atoms with Crippen molar-refractivity contribution in [3.05, 3.63) is 58.6 Å². The van der Waals surface area contributed by atoms with Crippen LogP contribution in [0.1, 0.15) is 34.1 Å². The first kappa shape index (κ1) is 19.3. The molecule has 2 rings (SSSR count). The molecule has 4 N–H and O–H groups in total. The van der Waals surface area contributed by atoms with Gasteiger partial charge < -0.3 is 20.9 Å². The summed E-state index contributed by atoms with van der Waals surface area (Å²) in [6.07, 6.45) is -0.796. The summed E-state index contributed by atoms with van der Waals surface area (Å²) >= 11 is 5.79. The number of halogens is 1. The molecule has 0 spiro atoms. The van der Waals surface area contributed by atoms with Crippen LogP contribution in [0.15, 0.2) is 42.5 Å². The van der Waals surface area contributed by atoms with E-state index in [9.17, 15) is 14.4 Å². The van der Waals surface area contributed by atoms with Gasteiger partial charge in [0.1, 0.15) is 0 Å². The topological polar surface area (TPSA) is 119 Å². The molecule has 1 atom stereocenters. The number of carboxylic acid groups (broad SMARTS) is 1. The second-order valence-electron chi connectivity index (χ2n) is 5.41. The normalized spacial score (nSPS) is 11.5. The molecule has 0 radical (unpaired) electrons. The molecule has 26 heavy (non-hydrogen) atoms. The fraction of sp³-hybridized carbons (Fsp3) is 0.167. The Labute approximate surface area is 154 Å². The minimum Gasteiger partial charge on any atom is -0.478 e. The second kappa shape index (κ2) is 8.35. The zero-order valence-electron chi connectivity index (χ0n) is 13.9. The van der Waals surface area contributed by atoms with Crippen molar-refractivity contribution in [3.8, 4) is 0 Å². The van der Waals surface area contributed by atoms with Crippen LogP contribution in [0.4, 0.5) is 11.4 Å². The fourth-order valence-electron chi connectivity index (χ4n) is 2.13. The molecular weight excluding hydrogens is 360 g/mol. The lowest BCUT2D eigenvalue weighted by atomic mass is 10.2. The van der Waals surface area contributed by atoms with Crippen molar-refractivity contribution in [2.24, 2.45) is 0 Å². The van der Waals surface area contributed by atoms with Crippen LogP contribution in [0.2, 0.25) is 5.02 Å². The first-order valence-electron chi connectivity index (χ1n) is 7.72. The highest BCUT2D eigenvalue weighted by Crippen LogP contribution is 2.21. The Bertz CT molecular complexity index is 836. The zero-order valence-corrected chi connectivity index (χ0v) is 14.6. The van der Waals surface area contributed by atoms with Crippen LogP contribution in [0, 0.1) is 0 Å². The SMILES string of the molecule is CCC(OC(=O)c1ccc(N)cc1)C(=O)Nc1ccc(Cl)c(C(=O)O)c1. The molecule has 8 heteroatoms. The number of aromatic carboxylic acids is 1. The van der Waals surface area contributed by atoms with Crippen molar-refractivity contribution in [2.45, 2.75) is 19.4 Å². The third-order valence-electron chi connectivity index (χ3n) is 3.52. The molecule has 0 saturated carbocycles. The van der Waals surface area contributed by atoms with E-state index in [1.54, 1.807) is 19.1 Å². The number of carbonyl (C=O) groups excluding carboxylic acids is 2. The van der Waals surface area contributed by atoms with Gasteiger partial charge >= 0.3 is 11.9 Å². The molecule has 0 heterocycles. The number of ether oxygens (including phenoxy) is 1. The Balaban J connectivity index is 2.09. The number of carboxylic acids is 1. The molecule has 2 aromatic carbocycles. The largest absolute Gasteiger partial charge is 0.478 e. The summed E-state index contributed by atoms with van der Waals surface area (Å²) in [5, 5.41) is 11.6. The number of hydrogen-bond donors (Lipinski definition) is 3. The zero-order chi connectivity index (χ0) is 19.3. The van der Waals surface area contributed by atoms with Crippen LogP contribution in [-0.4, -0.2) is 29.1 Å². The summed E-state index contributed by atoms with van der Waals surface area (Å²) in [5.74, 6) is -2.45. The van der Waals surface area contributed by atoms with Gasteiger partial charge in [0.15, 0.2) is 6.10 Å². The Hall–Kier alpha value is -3.06. The summed E-state index contributed by atoms with van der Waals surface area (Å²) in [7, 11) is 0. The maximum Gasteiger partial charge on any atom is 0.338 e. The number of nitrogen functional groups attached to an aromatic ring is 1. The van der Waals surface area contributed by atoms with Crippen LogP contribution in [-0.2, 0) is 9.53 Å². The molecule has 0 aliphatic carbocycles. The summed E-state index contributed by atoms with van der Waals surface area (Å²) in [4.78, 5) is 35.6. The second-order valence-corrected chi connectivity index (χ2v) is 5.82. The number of rotatable bonds is 6. The van der Waals surface area contributed by atoms with Gasteiger partial charge in [-0.25, -0.2) is 9.59 Å². The number of nitrogens with two attached hydrogens (primary N) is 1. The molecule has 2 aromatic rings. The van der Waals surface area contributed by atoms with Crippen LogP contribution in [0.25, 0.3) is 0 Å². The fourth-order valence-corrected chi connectivity index (χ4v) is 2.33. The number of carbonyl (C=O) groups is 3. The lowest BCUT2D eigenvalue weighted by Crippen LogP contribution is -2.32. The van der Waals surface area contributed by atoms with E-state index in [1.165, 1.54) is 30.3 Å². The number of esters is 1. The molecule has 0 saturated heterocycles. The van der Waals surface area contributed by atoms with Gasteiger partial charge in [-0.3, -0.25) is 4.79 Å². The van der Waals surface area contributed by atoms with Crippen molar-refractivity contribution in [1.82, 2.24) is 0 Å². The molecule has 1 amide bonds. The summed E-state index contributed by atoms with van der Waals surface area (Å²) in [6, 6.07) is 10.2. The van der Waals surface area contributed by atoms with Crippen LogP contribution < -0.4 is 11.1 Å². The average molecular weight is 377 g/mol. The van der Waals surface area contributed by atoms with Crippen molar-refractivity contribution >= 4 is 40.8 Å². The van der Waals surface area contributed by atoms with Crippen LogP contribution in [0.5, 0.6) is 0 Å². The standard InChI is InChI=1S/C18H17ClN2O5/c1-2-15(26-18(25)10-3-5-11(20)6-4-10)16(22)21-12-7-8-14(19)13(9-12)17(23)24/h3-9,15H,2,20H2,1H3,(H,21,22)(H,23,24). The lowest BCUT2D eigenvalue weighted by molar-refractivity contribution is -0.124. The van der Waals surface area contributed by atoms with E-state index in [0.29, 0.717) is 5.69 Å². The quantitative estimate of drug-likeness (QED) is 0.526. The molecule has 1 unspecified atom stereocenters. The van der Waals surface area contributed by atoms with Gasteiger partial charge in [-0.15, -0.1) is 0 Å². The van der Waals surface area contributed by atoms with Gasteiger partial charge in [0.05, 0.1) is 16.1 Å². The lowest BCUT2D eigenvalue weighted by Gasteiger charge is -2.16. The molecular formula is C18H17ClN2O5. The Morgan fingerprint density at radius 1 is 1.19 bits per heavy atom. The molecule has 0 aliphatic heterocycles. The number of anilines is 2. The first-order valence-corrected chi connectivity index (χ1v) is 8.09. The molecule has 7 nitrogen and oxygen atoms in total. The Kier molecular flexibility index (Phi) is 6.19. The van der Waals surface area contributed by atoms with Crippen molar-refractivity contribution in [2.75, 3.05) is 11.1 Å². The van der Waals surface area contributed by atoms with E-state index in [2.05, 4.69) is 5.32 Å². The van der Waals surface area contributed by atoms with Crippen LogP contribution >= 0.6 is 11.6 Å². The molecule has 0 aromatic heterocycles. The third-order valence-corrected chi connectivity index (χ3v) is 3.85. The number of nitrogens with one attached hydrogen (secondary N) is 1. The summed E-state index contributed by atoms with van der Waals surface area (Å²) in [6.45, 7) is 1.69. The maximum absolute atomic E-state index is 12.3. The molecule has 0 fully saturated rings. The highest BCUT2D eigenvalue weighted by Gasteiger charge is 2.22. The van der Waals surface area contributed by atoms with Crippen LogP contribution in [0.3, 0.4) is 0 Å². The van der Waals surface area contributed by atoms with Crippen molar-refractivity contribution in [1.29, 1.82) is 0 Å². The average Bonchev–Trinajstić information content (AvgIpc) is 2.61. The highest BCUT2D eigenvalue weighted by atomic mass is 35.5. The van der Waals surface area contributed by atoms with E-state index in [4.69, 9.17) is 27.2 Å². The predicted octanol–water partition coefficient (Wildman–Crippen LogP) is 3.19. The first-order chi connectivity index (χ1) is 12.3. The molecule has 136 valence electrons. The Morgan fingerprint density at radius 2 is 1.85 bits per heavy atom. The predicted molar refractivity (Wildman–Crippen MR) is 97.4 cm³/mol. The molecule has 0 bridgehead atoms. The smallest absolute Gasteiger partial charge is 0.338 e. The van der Waals surface area contributed by atoms with Gasteiger partial charge in [-0.05, 0) is 48.9 Å². The van der Waals surface area contributed by atoms with Gasteiger partial charge in [0.25, 0.3) is 5.91 Å². The van der Waals surface area contributed by atoms with Gasteiger partial charge in [0.2, 0.25) is 0 Å². The van der Waals surface area contributed by atoms with E-state index < -0.39 is 23.9 Å². The number of amides is 1. The van der Waals surface area contributed by atoms with Gasteiger partial charge in [-0.2, -0.15) is 0 Å². The van der Waals surface area contributed by atoms with E-state index in [-0.39, 0.29) is 28.3 Å². The number of benzene rings is 2. The molecule has 0 aliphatic rings. The van der Waals surface area contributed by atoms with Gasteiger partial charge in [0, 0.05) is 11.4 Å². The Morgan fingerprint density at radius 3 is 2.42 bits per heavy atom. The highest BCUT2D eigenvalue weighted by molar-refractivity contribution is 6.33.